The van der Waals surface area contributed by atoms with Crippen molar-refractivity contribution >= 4 is 26.8 Å². The first-order chi connectivity index (χ1) is 7.26. The van der Waals surface area contributed by atoms with E-state index in [2.05, 4.69) is 28.0 Å². The summed E-state index contributed by atoms with van der Waals surface area (Å²) in [5.74, 6) is 0. The SMILES string of the molecule is CCn1nc2cc(Br)ccc2c1CCO. The fourth-order valence-electron chi connectivity index (χ4n) is 1.79. The molecular weight excluding hydrogens is 256 g/mol. The van der Waals surface area contributed by atoms with Gasteiger partial charge in [0.1, 0.15) is 0 Å². The molecule has 0 aliphatic rings. The second-order valence-electron chi connectivity index (χ2n) is 3.40. The third kappa shape index (κ3) is 1.92. The summed E-state index contributed by atoms with van der Waals surface area (Å²) in [5.41, 5.74) is 2.09. The second kappa shape index (κ2) is 4.33. The lowest BCUT2D eigenvalue weighted by molar-refractivity contribution is 0.296. The first kappa shape index (κ1) is 10.6. The molecule has 0 aliphatic carbocycles. The van der Waals surface area contributed by atoms with Crippen molar-refractivity contribution in [2.75, 3.05) is 6.61 Å². The van der Waals surface area contributed by atoms with E-state index in [0.29, 0.717) is 6.42 Å². The number of aliphatic hydroxyl groups is 1. The minimum absolute atomic E-state index is 0.164. The van der Waals surface area contributed by atoms with E-state index in [1.54, 1.807) is 0 Å². The number of aromatic nitrogens is 2. The molecular formula is C11H13BrN2O. The molecule has 0 bridgehead atoms. The quantitative estimate of drug-likeness (QED) is 0.928. The number of halogens is 1. The van der Waals surface area contributed by atoms with Crippen molar-refractivity contribution in [1.82, 2.24) is 9.78 Å². The second-order valence-corrected chi connectivity index (χ2v) is 4.31. The Bertz CT molecular complexity index is 479. The molecule has 0 saturated carbocycles. The number of nitrogens with zero attached hydrogens (tertiary/aromatic N) is 2. The van der Waals surface area contributed by atoms with Gasteiger partial charge < -0.3 is 5.11 Å². The molecule has 0 saturated heterocycles. The highest BCUT2D eigenvalue weighted by Crippen LogP contribution is 2.22. The number of aliphatic hydroxyl groups excluding tert-OH is 1. The molecule has 0 spiro atoms. The van der Waals surface area contributed by atoms with Crippen LogP contribution in [0.1, 0.15) is 12.6 Å². The van der Waals surface area contributed by atoms with Crippen molar-refractivity contribution in [2.45, 2.75) is 19.9 Å². The Balaban J connectivity index is 2.63. The number of rotatable bonds is 3. The number of benzene rings is 1. The van der Waals surface area contributed by atoms with E-state index in [1.807, 2.05) is 22.9 Å². The standard InChI is InChI=1S/C11H13BrN2O/c1-2-14-11(5-6-15)9-4-3-8(12)7-10(9)13-14/h3-4,7,15H,2,5-6H2,1H3. The Hall–Kier alpha value is -0.870. The maximum atomic E-state index is 9.02. The van der Waals surface area contributed by atoms with Crippen LogP contribution >= 0.6 is 15.9 Å². The summed E-state index contributed by atoms with van der Waals surface area (Å²) in [4.78, 5) is 0. The maximum absolute atomic E-state index is 9.02. The smallest absolute Gasteiger partial charge is 0.0937 e. The zero-order valence-electron chi connectivity index (χ0n) is 8.57. The minimum atomic E-state index is 0.164. The van der Waals surface area contributed by atoms with Crippen LogP contribution < -0.4 is 0 Å². The van der Waals surface area contributed by atoms with E-state index in [9.17, 15) is 0 Å². The van der Waals surface area contributed by atoms with Gasteiger partial charge in [-0.05, 0) is 25.1 Å². The average Bonchev–Trinajstić information content (AvgIpc) is 2.56. The van der Waals surface area contributed by atoms with Crippen molar-refractivity contribution in [3.8, 4) is 0 Å². The summed E-state index contributed by atoms with van der Waals surface area (Å²) in [6, 6.07) is 6.05. The molecule has 0 amide bonds. The van der Waals surface area contributed by atoms with Crippen LogP contribution in [0.3, 0.4) is 0 Å². The third-order valence-electron chi connectivity index (χ3n) is 2.46. The summed E-state index contributed by atoms with van der Waals surface area (Å²) in [6.07, 6.45) is 0.659. The average molecular weight is 269 g/mol. The molecule has 0 atom stereocenters. The van der Waals surface area contributed by atoms with Crippen molar-refractivity contribution in [1.29, 1.82) is 0 Å². The molecule has 80 valence electrons. The van der Waals surface area contributed by atoms with Crippen molar-refractivity contribution in [2.24, 2.45) is 0 Å². The molecule has 15 heavy (non-hydrogen) atoms. The van der Waals surface area contributed by atoms with Crippen LogP contribution in [0.15, 0.2) is 22.7 Å². The predicted molar refractivity (Wildman–Crippen MR) is 63.9 cm³/mol. The van der Waals surface area contributed by atoms with Crippen LogP contribution in [-0.2, 0) is 13.0 Å². The van der Waals surface area contributed by atoms with E-state index >= 15 is 0 Å². The van der Waals surface area contributed by atoms with Gasteiger partial charge in [-0.25, -0.2) is 0 Å². The summed E-state index contributed by atoms with van der Waals surface area (Å²) in [5, 5.41) is 14.6. The first-order valence-corrected chi connectivity index (χ1v) is 5.81. The zero-order valence-corrected chi connectivity index (χ0v) is 10.2. The third-order valence-corrected chi connectivity index (χ3v) is 2.95. The van der Waals surface area contributed by atoms with Gasteiger partial charge >= 0.3 is 0 Å². The van der Waals surface area contributed by atoms with Crippen molar-refractivity contribution in [3.63, 3.8) is 0 Å². The van der Waals surface area contributed by atoms with Gasteiger partial charge in [-0.15, -0.1) is 0 Å². The fourth-order valence-corrected chi connectivity index (χ4v) is 2.14. The van der Waals surface area contributed by atoms with Gasteiger partial charge in [-0.2, -0.15) is 5.10 Å². The minimum Gasteiger partial charge on any atom is -0.396 e. The van der Waals surface area contributed by atoms with Crippen LogP contribution in [0.2, 0.25) is 0 Å². The highest BCUT2D eigenvalue weighted by atomic mass is 79.9. The summed E-state index contributed by atoms with van der Waals surface area (Å²) in [7, 11) is 0. The number of aryl methyl sites for hydroxylation is 1. The molecule has 0 fully saturated rings. The molecule has 2 aromatic rings. The van der Waals surface area contributed by atoms with E-state index in [4.69, 9.17) is 5.11 Å². The number of fused-ring (bicyclic) bond motifs is 1. The topological polar surface area (TPSA) is 38.0 Å². The van der Waals surface area contributed by atoms with Crippen molar-refractivity contribution in [3.05, 3.63) is 28.4 Å². The summed E-state index contributed by atoms with van der Waals surface area (Å²) >= 11 is 3.43. The highest BCUT2D eigenvalue weighted by molar-refractivity contribution is 9.10. The molecule has 0 unspecified atom stereocenters. The molecule has 1 aromatic carbocycles. The molecule has 3 nitrogen and oxygen atoms in total. The van der Waals surface area contributed by atoms with Gasteiger partial charge in [0, 0.05) is 35.1 Å². The Kier molecular flexibility index (Phi) is 3.07. The lowest BCUT2D eigenvalue weighted by Gasteiger charge is -2.02. The molecule has 0 radical (unpaired) electrons. The van der Waals surface area contributed by atoms with Crippen LogP contribution in [0.4, 0.5) is 0 Å². The summed E-state index contributed by atoms with van der Waals surface area (Å²) < 4.78 is 2.99. The summed E-state index contributed by atoms with van der Waals surface area (Å²) in [6.45, 7) is 3.06. The lowest BCUT2D eigenvalue weighted by atomic mass is 10.2. The van der Waals surface area contributed by atoms with Gasteiger partial charge in [0.15, 0.2) is 0 Å². The van der Waals surface area contributed by atoms with Crippen LogP contribution in [-0.4, -0.2) is 21.5 Å². The Morgan fingerprint density at radius 1 is 1.47 bits per heavy atom. The van der Waals surface area contributed by atoms with Crippen LogP contribution in [0, 0.1) is 0 Å². The van der Waals surface area contributed by atoms with E-state index < -0.39 is 0 Å². The van der Waals surface area contributed by atoms with Crippen LogP contribution in [0.5, 0.6) is 0 Å². The van der Waals surface area contributed by atoms with E-state index in [1.165, 1.54) is 0 Å². The molecule has 2 rings (SSSR count). The highest BCUT2D eigenvalue weighted by Gasteiger charge is 2.09. The van der Waals surface area contributed by atoms with E-state index in [0.717, 1.165) is 27.6 Å². The Morgan fingerprint density at radius 3 is 2.93 bits per heavy atom. The fraction of sp³-hybridized carbons (Fsp3) is 0.364. The molecule has 1 aromatic heterocycles. The van der Waals surface area contributed by atoms with Crippen molar-refractivity contribution < 1.29 is 5.11 Å². The molecule has 0 aliphatic heterocycles. The normalized spacial score (nSPS) is 11.1. The zero-order chi connectivity index (χ0) is 10.8. The Labute approximate surface area is 96.8 Å². The largest absolute Gasteiger partial charge is 0.396 e. The predicted octanol–water partition coefficient (Wildman–Crippen LogP) is 2.35. The van der Waals surface area contributed by atoms with Gasteiger partial charge in [-0.1, -0.05) is 15.9 Å². The van der Waals surface area contributed by atoms with Gasteiger partial charge in [-0.3, -0.25) is 4.68 Å². The van der Waals surface area contributed by atoms with Crippen LogP contribution in [0.25, 0.3) is 10.9 Å². The van der Waals surface area contributed by atoms with Gasteiger partial charge in [0.25, 0.3) is 0 Å². The first-order valence-electron chi connectivity index (χ1n) is 5.02. The number of hydrogen-bond acceptors (Lipinski definition) is 2. The maximum Gasteiger partial charge on any atom is 0.0937 e. The Morgan fingerprint density at radius 2 is 2.27 bits per heavy atom. The van der Waals surface area contributed by atoms with Gasteiger partial charge in [0.05, 0.1) is 5.52 Å². The van der Waals surface area contributed by atoms with E-state index in [-0.39, 0.29) is 6.61 Å². The lowest BCUT2D eigenvalue weighted by Crippen LogP contribution is -2.04. The number of hydrogen-bond donors (Lipinski definition) is 1. The monoisotopic (exact) mass is 268 g/mol. The molecule has 1 N–H and O–H groups in total. The van der Waals surface area contributed by atoms with Gasteiger partial charge in [0.2, 0.25) is 0 Å². The molecule has 4 heteroatoms. The molecule has 1 heterocycles.